The van der Waals surface area contributed by atoms with Gasteiger partial charge in [-0.05, 0) is 29.0 Å². The van der Waals surface area contributed by atoms with Crippen LogP contribution in [0.3, 0.4) is 0 Å². The highest BCUT2D eigenvalue weighted by Crippen LogP contribution is 2.17. The first-order chi connectivity index (χ1) is 8.86. The highest BCUT2D eigenvalue weighted by Gasteiger charge is 2.12. The third kappa shape index (κ3) is 1.88. The minimum atomic E-state index is 0.0847. The molecule has 3 aromatic heterocycles. The average molecular weight is 244 g/mol. The molecule has 0 aliphatic heterocycles. The first-order valence-electron chi connectivity index (χ1n) is 5.68. The van der Waals surface area contributed by atoms with Crippen molar-refractivity contribution in [1.82, 2.24) is 35.2 Å². The Bertz CT molecular complexity index is 628. The molecule has 8 heteroatoms. The van der Waals surface area contributed by atoms with E-state index < -0.39 is 0 Å². The lowest BCUT2D eigenvalue weighted by molar-refractivity contribution is 0.683. The molecule has 8 nitrogen and oxygen atoms in total. The number of fused-ring (bicyclic) bond motifs is 1. The minimum Gasteiger partial charge on any atom is -0.359 e. The summed E-state index contributed by atoms with van der Waals surface area (Å²) in [7, 11) is 0. The Morgan fingerprint density at radius 1 is 1.44 bits per heavy atom. The number of aromatic nitrogens is 7. The van der Waals surface area contributed by atoms with Crippen molar-refractivity contribution >= 4 is 11.5 Å². The van der Waals surface area contributed by atoms with Gasteiger partial charge < -0.3 is 10.3 Å². The summed E-state index contributed by atoms with van der Waals surface area (Å²) in [5.74, 6) is 1.59. The fraction of sp³-hybridized carbons (Fsp3) is 0.300. The molecular formula is C10H12N8. The predicted molar refractivity (Wildman–Crippen MR) is 63.8 cm³/mol. The SMILES string of the molecule is CCC(Nc1ccc2nnnn2n1)c1ncc[nH]1. The van der Waals surface area contributed by atoms with Gasteiger partial charge in [-0.15, -0.1) is 14.8 Å². The van der Waals surface area contributed by atoms with Gasteiger partial charge in [0.1, 0.15) is 11.6 Å². The zero-order valence-electron chi connectivity index (χ0n) is 9.78. The van der Waals surface area contributed by atoms with Gasteiger partial charge in [-0.25, -0.2) is 4.98 Å². The molecule has 0 spiro atoms. The van der Waals surface area contributed by atoms with Crippen molar-refractivity contribution < 1.29 is 0 Å². The van der Waals surface area contributed by atoms with Gasteiger partial charge in [0.15, 0.2) is 5.65 Å². The molecule has 0 radical (unpaired) electrons. The van der Waals surface area contributed by atoms with Crippen molar-refractivity contribution in [3.63, 3.8) is 0 Å². The van der Waals surface area contributed by atoms with Gasteiger partial charge in [-0.3, -0.25) is 0 Å². The molecule has 0 saturated carbocycles. The van der Waals surface area contributed by atoms with Crippen LogP contribution in [0.15, 0.2) is 24.5 Å². The number of nitrogens with zero attached hydrogens (tertiary/aromatic N) is 6. The zero-order valence-corrected chi connectivity index (χ0v) is 9.78. The number of anilines is 1. The third-order valence-corrected chi connectivity index (χ3v) is 2.65. The second-order valence-electron chi connectivity index (χ2n) is 3.82. The third-order valence-electron chi connectivity index (χ3n) is 2.65. The second-order valence-corrected chi connectivity index (χ2v) is 3.82. The van der Waals surface area contributed by atoms with E-state index in [2.05, 4.69) is 42.8 Å². The molecule has 18 heavy (non-hydrogen) atoms. The summed E-state index contributed by atoms with van der Waals surface area (Å²) in [5, 5.41) is 18.7. The molecule has 0 aliphatic carbocycles. The summed E-state index contributed by atoms with van der Waals surface area (Å²) < 4.78 is 1.39. The molecule has 0 aromatic carbocycles. The van der Waals surface area contributed by atoms with Gasteiger partial charge in [0.2, 0.25) is 0 Å². The highest BCUT2D eigenvalue weighted by atomic mass is 15.6. The summed E-state index contributed by atoms with van der Waals surface area (Å²) >= 11 is 0. The number of tetrazole rings is 1. The first kappa shape index (κ1) is 10.6. The van der Waals surface area contributed by atoms with Crippen LogP contribution in [-0.2, 0) is 0 Å². The van der Waals surface area contributed by atoms with Crippen LogP contribution < -0.4 is 5.32 Å². The molecule has 1 atom stereocenters. The molecule has 3 aromatic rings. The fourth-order valence-electron chi connectivity index (χ4n) is 1.74. The zero-order chi connectivity index (χ0) is 12.4. The second kappa shape index (κ2) is 4.40. The fourth-order valence-corrected chi connectivity index (χ4v) is 1.74. The van der Waals surface area contributed by atoms with Gasteiger partial charge in [-0.1, -0.05) is 6.92 Å². The predicted octanol–water partition coefficient (Wildman–Crippen LogP) is 0.806. The Labute approximate surface area is 102 Å². The van der Waals surface area contributed by atoms with E-state index in [0.717, 1.165) is 12.2 Å². The largest absolute Gasteiger partial charge is 0.359 e. The van der Waals surface area contributed by atoms with Gasteiger partial charge >= 0.3 is 0 Å². The van der Waals surface area contributed by atoms with Crippen LogP contribution in [0.5, 0.6) is 0 Å². The van der Waals surface area contributed by atoms with Crippen LogP contribution in [0, 0.1) is 0 Å². The maximum atomic E-state index is 4.26. The lowest BCUT2D eigenvalue weighted by atomic mass is 10.2. The van der Waals surface area contributed by atoms with E-state index in [4.69, 9.17) is 0 Å². The number of hydrogen-bond donors (Lipinski definition) is 2. The molecule has 3 rings (SSSR count). The van der Waals surface area contributed by atoms with Crippen molar-refractivity contribution in [2.24, 2.45) is 0 Å². The Balaban J connectivity index is 1.86. The number of rotatable bonds is 4. The average Bonchev–Trinajstić information content (AvgIpc) is 3.06. The molecule has 0 aliphatic rings. The van der Waals surface area contributed by atoms with Crippen molar-refractivity contribution in [1.29, 1.82) is 0 Å². The molecule has 2 N–H and O–H groups in total. The van der Waals surface area contributed by atoms with E-state index in [1.807, 2.05) is 12.1 Å². The number of hydrogen-bond acceptors (Lipinski definition) is 6. The summed E-state index contributed by atoms with van der Waals surface area (Å²) in [6.45, 7) is 2.08. The molecule has 0 amide bonds. The quantitative estimate of drug-likeness (QED) is 0.704. The van der Waals surface area contributed by atoms with E-state index in [0.29, 0.717) is 11.5 Å². The van der Waals surface area contributed by atoms with Crippen molar-refractivity contribution in [2.75, 3.05) is 5.32 Å². The molecule has 92 valence electrons. The monoisotopic (exact) mass is 244 g/mol. The Hall–Kier alpha value is -2.51. The van der Waals surface area contributed by atoms with Crippen molar-refractivity contribution in [2.45, 2.75) is 19.4 Å². The van der Waals surface area contributed by atoms with E-state index >= 15 is 0 Å². The maximum Gasteiger partial charge on any atom is 0.200 e. The standard InChI is InChI=1S/C10H12N8/c1-2-7(10-11-5-6-12-10)13-8-3-4-9-14-16-17-18(9)15-8/h3-7H,2H2,1H3,(H,11,12)(H,13,15). The molecule has 0 bridgehead atoms. The van der Waals surface area contributed by atoms with Crippen molar-refractivity contribution in [3.8, 4) is 0 Å². The maximum absolute atomic E-state index is 4.26. The summed E-state index contributed by atoms with van der Waals surface area (Å²) in [5.41, 5.74) is 0.617. The highest BCUT2D eigenvalue weighted by molar-refractivity contribution is 5.43. The van der Waals surface area contributed by atoms with E-state index in [1.54, 1.807) is 12.4 Å². The van der Waals surface area contributed by atoms with Crippen LogP contribution in [0.25, 0.3) is 5.65 Å². The Morgan fingerprint density at radius 2 is 2.39 bits per heavy atom. The summed E-state index contributed by atoms with van der Waals surface area (Å²) in [6.07, 6.45) is 4.43. The molecule has 0 saturated heterocycles. The van der Waals surface area contributed by atoms with E-state index in [-0.39, 0.29) is 6.04 Å². The van der Waals surface area contributed by atoms with Gasteiger partial charge in [-0.2, -0.15) is 0 Å². The van der Waals surface area contributed by atoms with Crippen LogP contribution in [0.1, 0.15) is 25.2 Å². The van der Waals surface area contributed by atoms with E-state index in [9.17, 15) is 0 Å². The first-order valence-corrected chi connectivity index (χ1v) is 5.68. The van der Waals surface area contributed by atoms with Gasteiger partial charge in [0, 0.05) is 12.4 Å². The summed E-state index contributed by atoms with van der Waals surface area (Å²) in [4.78, 5) is 7.34. The number of imidazole rings is 1. The minimum absolute atomic E-state index is 0.0847. The van der Waals surface area contributed by atoms with E-state index in [1.165, 1.54) is 4.63 Å². The van der Waals surface area contributed by atoms with Gasteiger partial charge in [0.25, 0.3) is 0 Å². The van der Waals surface area contributed by atoms with Crippen LogP contribution in [0.2, 0.25) is 0 Å². The molecule has 1 unspecified atom stereocenters. The summed E-state index contributed by atoms with van der Waals surface area (Å²) in [6, 6.07) is 3.74. The number of H-pyrrole nitrogens is 1. The van der Waals surface area contributed by atoms with Crippen LogP contribution >= 0.6 is 0 Å². The lowest BCUT2D eigenvalue weighted by Gasteiger charge is -2.14. The van der Waals surface area contributed by atoms with Crippen LogP contribution in [-0.4, -0.2) is 35.2 Å². The number of nitrogens with one attached hydrogen (secondary N) is 2. The Kier molecular flexibility index (Phi) is 2.60. The smallest absolute Gasteiger partial charge is 0.200 e. The normalized spacial score (nSPS) is 12.7. The topological polar surface area (TPSA) is 96.7 Å². The Morgan fingerprint density at radius 3 is 3.17 bits per heavy atom. The van der Waals surface area contributed by atoms with Crippen molar-refractivity contribution in [3.05, 3.63) is 30.4 Å². The lowest BCUT2D eigenvalue weighted by Crippen LogP contribution is -2.13. The molecule has 3 heterocycles. The van der Waals surface area contributed by atoms with Gasteiger partial charge in [0.05, 0.1) is 6.04 Å². The molecule has 0 fully saturated rings. The van der Waals surface area contributed by atoms with Crippen LogP contribution in [0.4, 0.5) is 5.82 Å². The molecular weight excluding hydrogens is 232 g/mol. The number of aromatic amines is 1.